The van der Waals surface area contributed by atoms with Crippen LogP contribution in [0.25, 0.3) is 0 Å². The van der Waals surface area contributed by atoms with Crippen LogP contribution in [0.3, 0.4) is 0 Å². The number of phosphoric ester groups is 1. The summed E-state index contributed by atoms with van der Waals surface area (Å²) in [5.74, 6) is -0.347. The molecule has 0 rings (SSSR count). The Bertz CT molecular complexity index is 1180. The van der Waals surface area contributed by atoms with Crippen molar-refractivity contribution in [1.82, 2.24) is 0 Å². The van der Waals surface area contributed by atoms with Gasteiger partial charge in [-0.3, -0.25) is 13.8 Å². The smallest absolute Gasteiger partial charge is 0.457 e. The maximum atomic E-state index is 12.6. The zero-order chi connectivity index (χ0) is 43.0. The standard InChI is InChI=1S/C50H88NO7P/c1-3-5-7-9-11-13-15-17-19-20-21-22-23-24-25-26-27-28-29-30-32-34-36-38-40-42-45-55-47-49(48-57-59(53,54)56-46-44-51)58-50(52)43-41-39-37-35-33-31-18-16-14-12-10-8-6-4-2/h5,7,11,13,16-19,21-22,24-25,27-28,49H,3-4,6,8-10,12,14-15,20,23,26,29-48,51H2,1-2H3,(H,53,54)/b7-5-,13-11-,18-16-,19-17-,22-21-,25-24-,28-27-. The van der Waals surface area contributed by atoms with E-state index in [0.29, 0.717) is 13.0 Å². The van der Waals surface area contributed by atoms with Gasteiger partial charge in [0.15, 0.2) is 0 Å². The van der Waals surface area contributed by atoms with E-state index < -0.39 is 13.9 Å². The lowest BCUT2D eigenvalue weighted by Crippen LogP contribution is -2.28. The van der Waals surface area contributed by atoms with E-state index >= 15 is 0 Å². The third kappa shape index (κ3) is 46.6. The summed E-state index contributed by atoms with van der Waals surface area (Å²) in [6.07, 6.45) is 60.4. The number of unbranched alkanes of at least 4 members (excludes halogenated alkanes) is 17. The van der Waals surface area contributed by atoms with Crippen LogP contribution in [0.2, 0.25) is 0 Å². The highest BCUT2D eigenvalue weighted by molar-refractivity contribution is 7.47. The van der Waals surface area contributed by atoms with Crippen molar-refractivity contribution < 1.29 is 32.8 Å². The van der Waals surface area contributed by atoms with Crippen molar-refractivity contribution in [3.05, 3.63) is 85.1 Å². The first kappa shape index (κ1) is 56.7. The Hall–Kier alpha value is -2.32. The van der Waals surface area contributed by atoms with Gasteiger partial charge in [-0.15, -0.1) is 0 Å². The van der Waals surface area contributed by atoms with E-state index in [9.17, 15) is 14.3 Å². The van der Waals surface area contributed by atoms with Crippen LogP contribution in [0.5, 0.6) is 0 Å². The molecule has 340 valence electrons. The molecule has 0 aliphatic carbocycles. The van der Waals surface area contributed by atoms with Gasteiger partial charge < -0.3 is 20.1 Å². The molecule has 2 atom stereocenters. The van der Waals surface area contributed by atoms with Gasteiger partial charge in [0.05, 0.1) is 19.8 Å². The van der Waals surface area contributed by atoms with Crippen molar-refractivity contribution in [3.63, 3.8) is 0 Å². The zero-order valence-corrected chi connectivity index (χ0v) is 38.6. The molecule has 0 fully saturated rings. The molecule has 0 aliphatic rings. The quantitative estimate of drug-likeness (QED) is 0.0269. The number of hydrogen-bond donors (Lipinski definition) is 2. The number of hydrogen-bond acceptors (Lipinski definition) is 7. The SMILES string of the molecule is CC/C=C\C/C=C\C/C=C\C/C=C\C/C=C\C/C=C\CCCCCCCCCOCC(COP(=O)(O)OCCN)OC(=O)CCCCCCC/C=C\CCCCCCC. The van der Waals surface area contributed by atoms with Crippen LogP contribution in [0, 0.1) is 0 Å². The van der Waals surface area contributed by atoms with E-state index in [1.165, 1.54) is 70.6 Å². The normalized spacial score (nSPS) is 14.2. The van der Waals surface area contributed by atoms with Gasteiger partial charge in [-0.25, -0.2) is 4.57 Å². The van der Waals surface area contributed by atoms with Gasteiger partial charge in [0.25, 0.3) is 0 Å². The molecule has 0 aromatic rings. The maximum absolute atomic E-state index is 12.6. The molecular weight excluding hydrogens is 758 g/mol. The molecule has 2 unspecified atom stereocenters. The van der Waals surface area contributed by atoms with Crippen molar-refractivity contribution in [2.75, 3.05) is 33.0 Å². The minimum atomic E-state index is -4.29. The first-order chi connectivity index (χ1) is 28.9. The number of nitrogens with two attached hydrogens (primary N) is 1. The average molecular weight is 846 g/mol. The lowest BCUT2D eigenvalue weighted by atomic mass is 10.1. The lowest BCUT2D eigenvalue weighted by Gasteiger charge is -2.20. The molecule has 0 aromatic heterocycles. The van der Waals surface area contributed by atoms with Gasteiger partial charge in [0, 0.05) is 19.6 Å². The first-order valence-corrected chi connectivity index (χ1v) is 25.1. The minimum Gasteiger partial charge on any atom is -0.457 e. The van der Waals surface area contributed by atoms with Crippen molar-refractivity contribution in [2.45, 2.75) is 193 Å². The molecule has 0 heterocycles. The third-order valence-electron chi connectivity index (χ3n) is 9.55. The predicted molar refractivity (Wildman–Crippen MR) is 251 cm³/mol. The van der Waals surface area contributed by atoms with Gasteiger partial charge in [-0.2, -0.15) is 0 Å². The fourth-order valence-electron chi connectivity index (χ4n) is 6.11. The summed E-state index contributed by atoms with van der Waals surface area (Å²) in [5, 5.41) is 0. The van der Waals surface area contributed by atoms with Crippen LogP contribution in [0.1, 0.15) is 187 Å². The summed E-state index contributed by atoms with van der Waals surface area (Å²) in [7, 11) is -4.29. The Morgan fingerprint density at radius 1 is 0.525 bits per heavy atom. The molecule has 8 nitrogen and oxygen atoms in total. The maximum Gasteiger partial charge on any atom is 0.472 e. The highest BCUT2D eigenvalue weighted by Gasteiger charge is 2.25. The van der Waals surface area contributed by atoms with Gasteiger partial charge in [-0.05, 0) is 89.9 Å². The van der Waals surface area contributed by atoms with E-state index in [1.54, 1.807) is 0 Å². The van der Waals surface area contributed by atoms with Crippen LogP contribution < -0.4 is 5.73 Å². The summed E-state index contributed by atoms with van der Waals surface area (Å²) < 4.78 is 33.5. The van der Waals surface area contributed by atoms with E-state index in [2.05, 4.69) is 98.9 Å². The van der Waals surface area contributed by atoms with Crippen molar-refractivity contribution >= 4 is 13.8 Å². The van der Waals surface area contributed by atoms with Crippen molar-refractivity contribution in [3.8, 4) is 0 Å². The molecule has 0 spiro atoms. The second kappa shape index (κ2) is 46.7. The number of allylic oxidation sites excluding steroid dienone is 14. The Kier molecular flexibility index (Phi) is 44.9. The highest BCUT2D eigenvalue weighted by atomic mass is 31.2. The van der Waals surface area contributed by atoms with Crippen LogP contribution >= 0.6 is 7.82 Å². The molecular formula is C50H88NO7P. The fraction of sp³-hybridized carbons (Fsp3) is 0.700. The van der Waals surface area contributed by atoms with Gasteiger partial charge in [-0.1, -0.05) is 176 Å². The summed E-state index contributed by atoms with van der Waals surface area (Å²) in [6, 6.07) is 0. The Morgan fingerprint density at radius 2 is 0.949 bits per heavy atom. The monoisotopic (exact) mass is 846 g/mol. The van der Waals surface area contributed by atoms with Gasteiger partial charge >= 0.3 is 13.8 Å². The highest BCUT2D eigenvalue weighted by Crippen LogP contribution is 2.43. The summed E-state index contributed by atoms with van der Waals surface area (Å²) in [4.78, 5) is 22.5. The molecule has 59 heavy (non-hydrogen) atoms. The van der Waals surface area contributed by atoms with E-state index in [-0.39, 0.29) is 32.3 Å². The fourth-order valence-corrected chi connectivity index (χ4v) is 6.88. The molecule has 0 aromatic carbocycles. The number of carbonyl (C=O) groups excluding carboxylic acids is 1. The second-order valence-electron chi connectivity index (χ2n) is 15.2. The topological polar surface area (TPSA) is 117 Å². The van der Waals surface area contributed by atoms with E-state index in [4.69, 9.17) is 24.3 Å². The zero-order valence-electron chi connectivity index (χ0n) is 37.7. The van der Waals surface area contributed by atoms with Crippen LogP contribution in [-0.2, 0) is 27.9 Å². The number of esters is 1. The first-order valence-electron chi connectivity index (χ1n) is 23.6. The van der Waals surface area contributed by atoms with E-state index in [1.807, 2.05) is 0 Å². The molecule has 0 aliphatic heterocycles. The molecule has 9 heteroatoms. The summed E-state index contributed by atoms with van der Waals surface area (Å²) >= 11 is 0. The Morgan fingerprint density at radius 3 is 1.44 bits per heavy atom. The van der Waals surface area contributed by atoms with Gasteiger partial charge in [0.1, 0.15) is 6.10 Å². The van der Waals surface area contributed by atoms with Crippen LogP contribution in [-0.4, -0.2) is 49.9 Å². The largest absolute Gasteiger partial charge is 0.472 e. The Labute approximate surface area is 362 Å². The van der Waals surface area contributed by atoms with E-state index in [0.717, 1.165) is 96.3 Å². The number of rotatable bonds is 44. The minimum absolute atomic E-state index is 0.0929. The number of ether oxygens (including phenoxy) is 2. The predicted octanol–water partition coefficient (Wildman–Crippen LogP) is 14.5. The molecule has 0 bridgehead atoms. The molecule has 3 N–H and O–H groups in total. The summed E-state index contributed by atoms with van der Waals surface area (Å²) in [5.41, 5.74) is 5.37. The lowest BCUT2D eigenvalue weighted by molar-refractivity contribution is -0.154. The van der Waals surface area contributed by atoms with Crippen LogP contribution in [0.15, 0.2) is 85.1 Å². The van der Waals surface area contributed by atoms with Gasteiger partial charge in [0.2, 0.25) is 0 Å². The number of carbonyl (C=O) groups is 1. The third-order valence-corrected chi connectivity index (χ3v) is 10.5. The average Bonchev–Trinajstić information content (AvgIpc) is 3.23. The summed E-state index contributed by atoms with van der Waals surface area (Å²) in [6.45, 7) is 4.75. The molecule has 0 radical (unpaired) electrons. The van der Waals surface area contributed by atoms with Crippen molar-refractivity contribution in [2.24, 2.45) is 5.73 Å². The molecule has 0 saturated carbocycles. The van der Waals surface area contributed by atoms with Crippen LogP contribution in [0.4, 0.5) is 0 Å². The number of phosphoric acid groups is 1. The molecule has 0 amide bonds. The van der Waals surface area contributed by atoms with Crippen molar-refractivity contribution in [1.29, 1.82) is 0 Å². The molecule has 0 saturated heterocycles. The second-order valence-corrected chi connectivity index (χ2v) is 16.7. The Balaban J connectivity index is 4.02.